The lowest BCUT2D eigenvalue weighted by atomic mass is 9.76. The van der Waals surface area contributed by atoms with Gasteiger partial charge < -0.3 is 4.74 Å². The van der Waals surface area contributed by atoms with Crippen LogP contribution in [0.1, 0.15) is 29.9 Å². The molecule has 0 aromatic heterocycles. The summed E-state index contributed by atoms with van der Waals surface area (Å²) < 4.78 is 7.58. The van der Waals surface area contributed by atoms with E-state index in [1.165, 1.54) is 5.56 Å². The first kappa shape index (κ1) is 18.5. The molecule has 0 spiro atoms. The number of nitrogens with one attached hydrogen (secondary N) is 1. The van der Waals surface area contributed by atoms with E-state index < -0.39 is 0 Å². The fourth-order valence-electron chi connectivity index (χ4n) is 3.98. The van der Waals surface area contributed by atoms with E-state index in [9.17, 15) is 0 Å². The highest BCUT2D eigenvalue weighted by atomic mass is 79.9. The van der Waals surface area contributed by atoms with Crippen LogP contribution in [0.15, 0.2) is 87.3 Å². The summed E-state index contributed by atoms with van der Waals surface area (Å²) in [5, 5.41) is 0. The minimum absolute atomic E-state index is 0.439. The summed E-state index contributed by atoms with van der Waals surface area (Å²) in [5.74, 6) is 1.47. The van der Waals surface area contributed by atoms with Crippen molar-refractivity contribution in [2.45, 2.75) is 31.4 Å². The van der Waals surface area contributed by atoms with Gasteiger partial charge in [-0.15, -0.1) is 10.0 Å². The lowest BCUT2D eigenvalue weighted by molar-refractivity contribution is -0.788. The van der Waals surface area contributed by atoms with Gasteiger partial charge in [0, 0.05) is 10.0 Å². The van der Waals surface area contributed by atoms with Gasteiger partial charge in [0.25, 0.3) is 0 Å². The normalized spacial score (nSPS) is 26.7. The molecule has 2 heterocycles. The van der Waals surface area contributed by atoms with E-state index in [0.29, 0.717) is 23.2 Å². The molecule has 0 radical (unpaired) electrons. The Morgan fingerprint density at radius 1 is 1.10 bits per heavy atom. The number of hydrogen-bond donors (Lipinski definition) is 1. The van der Waals surface area contributed by atoms with Crippen LogP contribution in [-0.4, -0.2) is 23.2 Å². The molecule has 3 aliphatic rings. The van der Waals surface area contributed by atoms with Gasteiger partial charge in [-0.05, 0) is 42.5 Å². The second-order valence-corrected chi connectivity index (χ2v) is 8.47. The Morgan fingerprint density at radius 3 is 2.90 bits per heavy atom. The first-order chi connectivity index (χ1) is 14.2. The average Bonchev–Trinajstić information content (AvgIpc) is 3.14. The van der Waals surface area contributed by atoms with Crippen LogP contribution in [0.3, 0.4) is 0 Å². The van der Waals surface area contributed by atoms with Crippen molar-refractivity contribution in [3.63, 3.8) is 0 Å². The number of fused-ring (bicyclic) bond motifs is 1. The van der Waals surface area contributed by atoms with Gasteiger partial charge in [0.2, 0.25) is 6.34 Å². The number of allylic oxidation sites excluding steroid dienone is 1. The number of ether oxygens (including phenoxy) is 1. The molecule has 0 saturated heterocycles. The summed E-state index contributed by atoms with van der Waals surface area (Å²) in [4.78, 5) is 8.52. The first-order valence-corrected chi connectivity index (χ1v) is 10.6. The van der Waals surface area contributed by atoms with Crippen molar-refractivity contribution in [3.05, 3.63) is 88.4 Å². The molecule has 2 aliphatic heterocycles. The molecule has 1 fully saturated rings. The summed E-state index contributed by atoms with van der Waals surface area (Å²) in [7, 11) is 0. The standard InChI is InChI=1S/C23H22BrN4O/c24-23-7-2-1-4-18(23)15-29-22-6-3-5-17(12-22)19-10-20(11-19)27-28-9-8-25-13-21(28)14-26-16-28/h1-9,12-14,16,19-20,27H,10-11,15H2/q+1. The van der Waals surface area contributed by atoms with E-state index >= 15 is 0 Å². The van der Waals surface area contributed by atoms with E-state index in [-0.39, 0.29) is 0 Å². The maximum atomic E-state index is 6.04. The summed E-state index contributed by atoms with van der Waals surface area (Å²) in [5.41, 5.74) is 7.25. The number of nitrogens with zero attached hydrogens (tertiary/aromatic N) is 3. The largest absolute Gasteiger partial charge is 0.489 e. The van der Waals surface area contributed by atoms with Gasteiger partial charge in [0.1, 0.15) is 18.6 Å². The smallest absolute Gasteiger partial charge is 0.219 e. The molecular weight excluding hydrogens is 428 g/mol. The summed E-state index contributed by atoms with van der Waals surface area (Å²) in [6.45, 7) is 0.558. The maximum absolute atomic E-state index is 6.04. The molecule has 1 unspecified atom stereocenters. The van der Waals surface area contributed by atoms with Crippen molar-refractivity contribution in [1.82, 2.24) is 5.43 Å². The minimum atomic E-state index is 0.439. The Labute approximate surface area is 178 Å². The molecule has 5 nitrogen and oxygen atoms in total. The number of aliphatic imine (C=N–C) groups is 2. The van der Waals surface area contributed by atoms with E-state index in [1.807, 2.05) is 55.4 Å². The number of quaternary nitrogens is 1. The van der Waals surface area contributed by atoms with Crippen LogP contribution >= 0.6 is 15.9 Å². The van der Waals surface area contributed by atoms with Crippen LogP contribution in [0.2, 0.25) is 0 Å². The van der Waals surface area contributed by atoms with Crippen LogP contribution < -0.4 is 10.2 Å². The van der Waals surface area contributed by atoms with E-state index in [4.69, 9.17) is 4.74 Å². The zero-order valence-corrected chi connectivity index (χ0v) is 17.5. The molecular formula is C23H22BrN4O+. The maximum Gasteiger partial charge on any atom is 0.219 e. The molecule has 146 valence electrons. The first-order valence-electron chi connectivity index (χ1n) is 9.80. The summed E-state index contributed by atoms with van der Waals surface area (Å²) in [6, 6.07) is 17.1. The summed E-state index contributed by atoms with van der Waals surface area (Å²) >= 11 is 3.58. The van der Waals surface area contributed by atoms with E-state index in [0.717, 1.165) is 34.3 Å². The molecule has 0 bridgehead atoms. The highest BCUT2D eigenvalue weighted by Crippen LogP contribution is 2.39. The third kappa shape index (κ3) is 3.71. The van der Waals surface area contributed by atoms with Gasteiger partial charge in [-0.25, -0.2) is 4.99 Å². The van der Waals surface area contributed by atoms with Crippen LogP contribution in [0.5, 0.6) is 5.75 Å². The Kier molecular flexibility index (Phi) is 4.91. The van der Waals surface area contributed by atoms with Gasteiger partial charge >= 0.3 is 0 Å². The molecule has 1 atom stereocenters. The van der Waals surface area contributed by atoms with Crippen LogP contribution in [0.25, 0.3) is 0 Å². The molecule has 6 heteroatoms. The monoisotopic (exact) mass is 449 g/mol. The number of halogens is 1. The number of rotatable bonds is 6. The second-order valence-electron chi connectivity index (χ2n) is 7.62. The van der Waals surface area contributed by atoms with Crippen molar-refractivity contribution in [1.29, 1.82) is 0 Å². The van der Waals surface area contributed by atoms with Crippen molar-refractivity contribution in [2.75, 3.05) is 0 Å². The van der Waals surface area contributed by atoms with E-state index in [1.54, 1.807) is 0 Å². The zero-order valence-electron chi connectivity index (χ0n) is 15.9. The fraction of sp³-hybridized carbons (Fsp3) is 0.217. The minimum Gasteiger partial charge on any atom is -0.489 e. The molecule has 1 saturated carbocycles. The molecule has 2 aromatic rings. The lowest BCUT2D eigenvalue weighted by Crippen LogP contribution is -2.58. The summed E-state index contributed by atoms with van der Waals surface area (Å²) in [6.07, 6.45) is 11.7. The molecule has 0 amide bonds. The SMILES string of the molecule is Brc1ccccc1COc1cccc(C2CC(N[N+]34C=CN=CC3=CN=C4)C2)c1. The van der Waals surface area contributed by atoms with Crippen LogP contribution in [0.4, 0.5) is 0 Å². The Bertz CT molecular complexity index is 1040. The van der Waals surface area contributed by atoms with Crippen molar-refractivity contribution >= 4 is 28.5 Å². The van der Waals surface area contributed by atoms with Crippen molar-refractivity contribution in [3.8, 4) is 5.75 Å². The predicted octanol–water partition coefficient (Wildman–Crippen LogP) is 5.03. The molecule has 1 aliphatic carbocycles. The van der Waals surface area contributed by atoms with Gasteiger partial charge in [-0.3, -0.25) is 4.99 Å². The topological polar surface area (TPSA) is 46.0 Å². The number of hydrogen-bond acceptors (Lipinski definition) is 4. The highest BCUT2D eigenvalue weighted by Gasteiger charge is 2.41. The molecule has 5 rings (SSSR count). The van der Waals surface area contributed by atoms with Crippen LogP contribution in [-0.2, 0) is 6.61 Å². The van der Waals surface area contributed by atoms with Crippen molar-refractivity contribution in [2.24, 2.45) is 9.98 Å². The Morgan fingerprint density at radius 2 is 2.00 bits per heavy atom. The van der Waals surface area contributed by atoms with Crippen LogP contribution in [0, 0.1) is 0 Å². The third-order valence-electron chi connectivity index (χ3n) is 5.69. The third-order valence-corrected chi connectivity index (χ3v) is 6.47. The van der Waals surface area contributed by atoms with Crippen molar-refractivity contribution < 1.29 is 9.33 Å². The van der Waals surface area contributed by atoms with Gasteiger partial charge in [0.05, 0.1) is 24.7 Å². The highest BCUT2D eigenvalue weighted by molar-refractivity contribution is 9.10. The molecule has 2 aromatic carbocycles. The Hall–Kier alpha value is -2.54. The predicted molar refractivity (Wildman–Crippen MR) is 118 cm³/mol. The quantitative estimate of drug-likeness (QED) is 0.628. The molecule has 1 N–H and O–H groups in total. The van der Waals surface area contributed by atoms with Gasteiger partial charge in [0.15, 0.2) is 5.70 Å². The molecule has 29 heavy (non-hydrogen) atoms. The van der Waals surface area contributed by atoms with E-state index in [2.05, 4.69) is 55.6 Å². The van der Waals surface area contributed by atoms with Gasteiger partial charge in [-0.1, -0.05) is 46.3 Å². The Balaban J connectivity index is 1.19. The lowest BCUT2D eigenvalue weighted by Gasteiger charge is -2.40. The average molecular weight is 450 g/mol. The zero-order chi connectivity index (χ0) is 19.7. The fourth-order valence-corrected chi connectivity index (χ4v) is 4.38. The second kappa shape index (κ2) is 7.71. The number of benzene rings is 2. The van der Waals surface area contributed by atoms with Gasteiger partial charge in [-0.2, -0.15) is 0 Å².